The van der Waals surface area contributed by atoms with Crippen LogP contribution in [0, 0.1) is 0 Å². The zero-order valence-electron chi connectivity index (χ0n) is 16.9. The van der Waals surface area contributed by atoms with Crippen molar-refractivity contribution in [3.63, 3.8) is 0 Å². The molecule has 1 saturated carbocycles. The summed E-state index contributed by atoms with van der Waals surface area (Å²) in [5.74, 6) is 1.01. The van der Waals surface area contributed by atoms with Crippen molar-refractivity contribution in [1.82, 2.24) is 34.3 Å². The van der Waals surface area contributed by atoms with Gasteiger partial charge in [-0.05, 0) is 37.1 Å². The van der Waals surface area contributed by atoms with Gasteiger partial charge in [-0.1, -0.05) is 24.4 Å². The van der Waals surface area contributed by atoms with E-state index >= 15 is 0 Å². The molecule has 5 aromatic heterocycles. The summed E-state index contributed by atoms with van der Waals surface area (Å²) in [7, 11) is 0. The lowest BCUT2D eigenvalue weighted by Crippen LogP contribution is -2.15. The highest BCUT2D eigenvalue weighted by atomic mass is 16.5. The Kier molecular flexibility index (Phi) is 4.33. The van der Waals surface area contributed by atoms with Crippen molar-refractivity contribution in [3.05, 3.63) is 61.4 Å². The average molecular weight is 411 g/mol. The van der Waals surface area contributed by atoms with Crippen LogP contribution in [0.2, 0.25) is 0 Å². The summed E-state index contributed by atoms with van der Waals surface area (Å²) in [5, 5.41) is 9.01. The number of hydrogen-bond donors (Lipinski definition) is 0. The SMILES string of the molecule is c1cc(-c2c(-c3nc(-c4ccc5nccn5c4)no3)cnn2C2CCCCC2)ccn1. The molecular weight excluding hydrogens is 390 g/mol. The van der Waals surface area contributed by atoms with Crippen LogP contribution in [-0.2, 0) is 0 Å². The van der Waals surface area contributed by atoms with Crippen molar-refractivity contribution in [2.75, 3.05) is 0 Å². The quantitative estimate of drug-likeness (QED) is 0.422. The molecule has 5 heterocycles. The first-order valence-electron chi connectivity index (χ1n) is 10.6. The Balaban J connectivity index is 1.44. The van der Waals surface area contributed by atoms with Gasteiger partial charge in [0.2, 0.25) is 5.82 Å². The van der Waals surface area contributed by atoms with Gasteiger partial charge in [-0.2, -0.15) is 10.1 Å². The summed E-state index contributed by atoms with van der Waals surface area (Å²) < 4.78 is 9.79. The second-order valence-corrected chi connectivity index (χ2v) is 7.91. The number of imidazole rings is 1. The Morgan fingerprint density at radius 1 is 0.935 bits per heavy atom. The molecule has 154 valence electrons. The molecule has 0 saturated heterocycles. The van der Waals surface area contributed by atoms with Crippen LogP contribution in [0.5, 0.6) is 0 Å². The lowest BCUT2D eigenvalue weighted by atomic mass is 9.95. The Bertz CT molecular complexity index is 1330. The summed E-state index contributed by atoms with van der Waals surface area (Å²) in [5.41, 5.74) is 4.65. The molecule has 0 spiro atoms. The normalized spacial score (nSPS) is 15.0. The van der Waals surface area contributed by atoms with Gasteiger partial charge in [-0.25, -0.2) is 4.98 Å². The predicted octanol–water partition coefficient (Wildman–Crippen LogP) is 4.82. The van der Waals surface area contributed by atoms with Gasteiger partial charge < -0.3 is 8.92 Å². The van der Waals surface area contributed by atoms with Gasteiger partial charge in [0.05, 0.1) is 23.5 Å². The van der Waals surface area contributed by atoms with E-state index in [4.69, 9.17) is 14.6 Å². The van der Waals surface area contributed by atoms with Crippen LogP contribution < -0.4 is 0 Å². The third kappa shape index (κ3) is 3.20. The van der Waals surface area contributed by atoms with Gasteiger partial charge in [0.25, 0.3) is 5.89 Å². The number of fused-ring (bicyclic) bond motifs is 1. The van der Waals surface area contributed by atoms with Crippen LogP contribution in [-0.4, -0.2) is 34.3 Å². The Hall–Kier alpha value is -3.81. The highest BCUT2D eigenvalue weighted by molar-refractivity contribution is 5.77. The molecule has 1 fully saturated rings. The number of pyridine rings is 2. The van der Waals surface area contributed by atoms with Crippen LogP contribution in [0.4, 0.5) is 0 Å². The number of hydrogen-bond acceptors (Lipinski definition) is 6. The molecule has 0 atom stereocenters. The third-order valence-corrected chi connectivity index (χ3v) is 5.97. The van der Waals surface area contributed by atoms with Crippen molar-refractivity contribution in [3.8, 4) is 34.1 Å². The largest absolute Gasteiger partial charge is 0.333 e. The van der Waals surface area contributed by atoms with Crippen molar-refractivity contribution >= 4 is 5.65 Å². The van der Waals surface area contributed by atoms with Crippen LogP contribution in [0.25, 0.3) is 39.7 Å². The van der Waals surface area contributed by atoms with Crippen LogP contribution in [0.1, 0.15) is 38.1 Å². The molecule has 6 rings (SSSR count). The first-order chi connectivity index (χ1) is 15.4. The lowest BCUT2D eigenvalue weighted by molar-refractivity contribution is 0.332. The molecule has 0 bridgehead atoms. The summed E-state index contributed by atoms with van der Waals surface area (Å²) in [6.07, 6.45) is 17.1. The summed E-state index contributed by atoms with van der Waals surface area (Å²) in [6, 6.07) is 8.28. The average Bonchev–Trinajstić information content (AvgIpc) is 3.58. The highest BCUT2D eigenvalue weighted by Crippen LogP contribution is 2.37. The van der Waals surface area contributed by atoms with Crippen molar-refractivity contribution in [2.24, 2.45) is 0 Å². The Morgan fingerprint density at radius 3 is 2.68 bits per heavy atom. The predicted molar refractivity (Wildman–Crippen MR) is 115 cm³/mol. The van der Waals surface area contributed by atoms with Gasteiger partial charge in [0.15, 0.2) is 0 Å². The second-order valence-electron chi connectivity index (χ2n) is 7.91. The second kappa shape index (κ2) is 7.46. The van der Waals surface area contributed by atoms with Gasteiger partial charge in [-0.3, -0.25) is 9.67 Å². The molecule has 5 aromatic rings. The van der Waals surface area contributed by atoms with Crippen LogP contribution in [0.15, 0.2) is 66.0 Å². The van der Waals surface area contributed by atoms with Crippen LogP contribution in [0.3, 0.4) is 0 Å². The van der Waals surface area contributed by atoms with Gasteiger partial charge in [0, 0.05) is 42.1 Å². The summed E-state index contributed by atoms with van der Waals surface area (Å²) in [6.45, 7) is 0. The first kappa shape index (κ1) is 18.0. The molecular formula is C23H21N7O. The molecule has 1 aliphatic carbocycles. The fourth-order valence-electron chi connectivity index (χ4n) is 4.42. The minimum absolute atomic E-state index is 0.386. The maximum atomic E-state index is 5.71. The number of rotatable bonds is 4. The van der Waals surface area contributed by atoms with E-state index in [9.17, 15) is 0 Å². The van der Waals surface area contributed by atoms with E-state index in [1.165, 1.54) is 19.3 Å². The smallest absolute Gasteiger partial charge is 0.262 e. The highest BCUT2D eigenvalue weighted by Gasteiger charge is 2.25. The fraction of sp³-hybridized carbons (Fsp3) is 0.261. The van der Waals surface area contributed by atoms with E-state index in [1.807, 2.05) is 47.3 Å². The maximum Gasteiger partial charge on any atom is 0.262 e. The Labute approximate surface area is 178 Å². The number of nitrogens with zero attached hydrogens (tertiary/aromatic N) is 7. The molecule has 1 aliphatic rings. The van der Waals surface area contributed by atoms with Crippen molar-refractivity contribution in [1.29, 1.82) is 0 Å². The fourth-order valence-corrected chi connectivity index (χ4v) is 4.42. The molecule has 0 aliphatic heterocycles. The van der Waals surface area contributed by atoms with Gasteiger partial charge >= 0.3 is 0 Å². The summed E-state index contributed by atoms with van der Waals surface area (Å²) >= 11 is 0. The van der Waals surface area contributed by atoms with Crippen LogP contribution >= 0.6 is 0 Å². The molecule has 0 aromatic carbocycles. The van der Waals surface area contributed by atoms with Gasteiger partial charge in [0.1, 0.15) is 5.65 Å². The maximum absolute atomic E-state index is 5.71. The van der Waals surface area contributed by atoms with Crippen molar-refractivity contribution < 1.29 is 4.52 Å². The van der Waals surface area contributed by atoms with E-state index < -0.39 is 0 Å². The van der Waals surface area contributed by atoms with Crippen molar-refractivity contribution in [2.45, 2.75) is 38.1 Å². The lowest BCUT2D eigenvalue weighted by Gasteiger charge is -2.24. The van der Waals surface area contributed by atoms with E-state index in [0.29, 0.717) is 17.8 Å². The molecule has 8 nitrogen and oxygen atoms in total. The molecule has 31 heavy (non-hydrogen) atoms. The first-order valence-corrected chi connectivity index (χ1v) is 10.6. The van der Waals surface area contributed by atoms with E-state index in [-0.39, 0.29) is 0 Å². The molecule has 0 N–H and O–H groups in total. The number of aromatic nitrogens is 7. The van der Waals surface area contributed by atoms with E-state index in [0.717, 1.165) is 40.9 Å². The summed E-state index contributed by atoms with van der Waals surface area (Å²) in [4.78, 5) is 13.2. The minimum atomic E-state index is 0.386. The third-order valence-electron chi connectivity index (χ3n) is 5.97. The monoisotopic (exact) mass is 411 g/mol. The van der Waals surface area contributed by atoms with E-state index in [2.05, 4.69) is 19.8 Å². The molecule has 0 unspecified atom stereocenters. The topological polar surface area (TPSA) is 86.9 Å². The molecule has 8 heteroatoms. The zero-order valence-corrected chi connectivity index (χ0v) is 16.9. The molecule has 0 radical (unpaired) electrons. The Morgan fingerprint density at radius 2 is 1.81 bits per heavy atom. The van der Waals surface area contributed by atoms with E-state index in [1.54, 1.807) is 18.6 Å². The minimum Gasteiger partial charge on any atom is -0.333 e. The zero-order chi connectivity index (χ0) is 20.6. The van der Waals surface area contributed by atoms with Gasteiger partial charge in [-0.15, -0.1) is 0 Å². The standard InChI is InChI=1S/C23H21N7O/c1-2-4-18(5-3-1)30-21(16-8-10-24-11-9-16)19(14-26-30)23-27-22(28-31-23)17-6-7-20-25-12-13-29(20)15-17/h6-15,18H,1-5H2. The molecule has 0 amide bonds.